The lowest BCUT2D eigenvalue weighted by atomic mass is 10.2. The van der Waals surface area contributed by atoms with Crippen LogP contribution in [0, 0.1) is 5.82 Å². The van der Waals surface area contributed by atoms with Gasteiger partial charge in [-0.2, -0.15) is 0 Å². The molecule has 0 fully saturated rings. The highest BCUT2D eigenvalue weighted by atomic mass is 35.5. The Kier molecular flexibility index (Phi) is 6.33. The third-order valence-electron chi connectivity index (χ3n) is 3.68. The maximum atomic E-state index is 12.9. The Balaban J connectivity index is 1.67. The van der Waals surface area contributed by atoms with E-state index in [0.29, 0.717) is 33.0 Å². The lowest BCUT2D eigenvalue weighted by Gasteiger charge is -2.12. The number of halogens is 2. The minimum atomic E-state index is -0.413. The second-order valence-electron chi connectivity index (χ2n) is 5.51. The lowest BCUT2D eigenvalue weighted by Crippen LogP contribution is -2.13. The molecule has 0 aliphatic carbocycles. The fourth-order valence-electron chi connectivity index (χ4n) is 2.30. The summed E-state index contributed by atoms with van der Waals surface area (Å²) in [6.45, 7) is 0.168. The smallest absolute Gasteiger partial charge is 0.275 e. The van der Waals surface area contributed by atoms with Gasteiger partial charge in [-0.15, -0.1) is 11.3 Å². The normalized spacial score (nSPS) is 10.4. The van der Waals surface area contributed by atoms with Crippen LogP contribution in [0.2, 0.25) is 5.02 Å². The van der Waals surface area contributed by atoms with Gasteiger partial charge < -0.3 is 19.5 Å². The molecule has 0 aliphatic rings. The van der Waals surface area contributed by atoms with Gasteiger partial charge in [-0.05, 0) is 30.3 Å². The lowest BCUT2D eigenvalue weighted by molar-refractivity contribution is 0.102. The van der Waals surface area contributed by atoms with Crippen molar-refractivity contribution in [2.75, 3.05) is 19.5 Å². The third-order valence-corrected chi connectivity index (χ3v) is 4.80. The third kappa shape index (κ3) is 4.71. The zero-order valence-corrected chi connectivity index (χ0v) is 16.6. The molecule has 146 valence electrons. The molecule has 1 heterocycles. The average Bonchev–Trinajstić information content (AvgIpc) is 3.17. The number of nitrogens with zero attached hydrogens (tertiary/aromatic N) is 1. The molecular weight excluding hydrogens is 407 g/mol. The van der Waals surface area contributed by atoms with Crippen LogP contribution in [0.3, 0.4) is 0 Å². The van der Waals surface area contributed by atoms with Crippen molar-refractivity contribution < 1.29 is 23.4 Å². The Morgan fingerprint density at radius 3 is 2.57 bits per heavy atom. The van der Waals surface area contributed by atoms with E-state index in [1.807, 2.05) is 0 Å². The van der Waals surface area contributed by atoms with Gasteiger partial charge in [0.25, 0.3) is 5.91 Å². The van der Waals surface area contributed by atoms with Crippen molar-refractivity contribution in [2.24, 2.45) is 0 Å². The summed E-state index contributed by atoms with van der Waals surface area (Å²) in [6, 6.07) is 8.79. The molecule has 9 heteroatoms. The van der Waals surface area contributed by atoms with Crippen molar-refractivity contribution in [2.45, 2.75) is 6.61 Å². The predicted molar refractivity (Wildman–Crippen MR) is 105 cm³/mol. The van der Waals surface area contributed by atoms with Crippen molar-refractivity contribution >= 4 is 34.5 Å². The van der Waals surface area contributed by atoms with Crippen LogP contribution in [0.25, 0.3) is 0 Å². The van der Waals surface area contributed by atoms with Crippen LogP contribution in [0.1, 0.15) is 15.5 Å². The highest BCUT2D eigenvalue weighted by Gasteiger charge is 2.16. The van der Waals surface area contributed by atoms with Gasteiger partial charge in [0.1, 0.15) is 40.4 Å². The number of hydrogen-bond acceptors (Lipinski definition) is 6. The molecule has 0 bridgehead atoms. The van der Waals surface area contributed by atoms with Gasteiger partial charge in [-0.1, -0.05) is 11.6 Å². The van der Waals surface area contributed by atoms with E-state index in [2.05, 4.69) is 10.3 Å². The van der Waals surface area contributed by atoms with Crippen molar-refractivity contribution in [3.63, 3.8) is 0 Å². The van der Waals surface area contributed by atoms with Crippen molar-refractivity contribution in [1.29, 1.82) is 0 Å². The van der Waals surface area contributed by atoms with Gasteiger partial charge in [0, 0.05) is 11.4 Å². The van der Waals surface area contributed by atoms with Crippen LogP contribution in [-0.2, 0) is 6.61 Å². The molecule has 0 radical (unpaired) electrons. The van der Waals surface area contributed by atoms with Gasteiger partial charge in [-0.25, -0.2) is 9.37 Å². The molecular formula is C19H16ClFN2O4S. The number of methoxy groups -OCH3 is 2. The molecule has 0 saturated heterocycles. The number of benzene rings is 2. The van der Waals surface area contributed by atoms with E-state index in [1.54, 1.807) is 17.5 Å². The summed E-state index contributed by atoms with van der Waals surface area (Å²) in [5.74, 6) is 0.605. The largest absolute Gasteiger partial charge is 0.495 e. The van der Waals surface area contributed by atoms with Crippen LogP contribution in [0.4, 0.5) is 10.1 Å². The van der Waals surface area contributed by atoms with E-state index in [4.69, 9.17) is 25.8 Å². The molecule has 3 rings (SSSR count). The van der Waals surface area contributed by atoms with Crippen LogP contribution in [0.15, 0.2) is 41.8 Å². The number of aromatic nitrogens is 1. The van der Waals surface area contributed by atoms with E-state index in [0.717, 1.165) is 0 Å². The van der Waals surface area contributed by atoms with E-state index in [-0.39, 0.29) is 18.1 Å². The highest BCUT2D eigenvalue weighted by Crippen LogP contribution is 2.36. The van der Waals surface area contributed by atoms with Gasteiger partial charge in [-0.3, -0.25) is 4.79 Å². The van der Waals surface area contributed by atoms with Crippen LogP contribution in [0.5, 0.6) is 17.2 Å². The fourth-order valence-corrected chi connectivity index (χ4v) is 3.23. The first-order valence-corrected chi connectivity index (χ1v) is 9.31. The molecule has 3 aromatic rings. The number of carbonyl (C=O) groups is 1. The van der Waals surface area contributed by atoms with Crippen LogP contribution < -0.4 is 19.5 Å². The molecule has 1 amide bonds. The van der Waals surface area contributed by atoms with Crippen molar-refractivity contribution in [3.05, 3.63) is 63.3 Å². The summed E-state index contributed by atoms with van der Waals surface area (Å²) in [4.78, 5) is 16.8. The molecule has 6 nitrogen and oxygen atoms in total. The van der Waals surface area contributed by atoms with Gasteiger partial charge >= 0.3 is 0 Å². The van der Waals surface area contributed by atoms with Crippen molar-refractivity contribution in [3.8, 4) is 17.2 Å². The van der Waals surface area contributed by atoms with Gasteiger partial charge in [0.05, 0.1) is 24.9 Å². The Morgan fingerprint density at radius 1 is 1.18 bits per heavy atom. The molecule has 1 N–H and O–H groups in total. The first-order chi connectivity index (χ1) is 13.5. The van der Waals surface area contributed by atoms with Crippen LogP contribution >= 0.6 is 22.9 Å². The molecule has 0 aliphatic heterocycles. The predicted octanol–water partition coefficient (Wildman–Crippen LogP) is 4.78. The standard InChI is InChI=1S/C19H16ClFN2O4S/c1-25-16-8-17(26-2)14(7-13(16)20)23-19(24)15-10-28-18(22-15)9-27-12-5-3-11(21)4-6-12/h3-8,10H,9H2,1-2H3,(H,23,24). The molecule has 2 aromatic carbocycles. The maximum Gasteiger partial charge on any atom is 0.275 e. The van der Waals surface area contributed by atoms with Crippen molar-refractivity contribution in [1.82, 2.24) is 4.98 Å². The van der Waals surface area contributed by atoms with E-state index < -0.39 is 5.91 Å². The zero-order valence-electron chi connectivity index (χ0n) is 15.0. The molecule has 28 heavy (non-hydrogen) atoms. The summed E-state index contributed by atoms with van der Waals surface area (Å²) in [5, 5.41) is 5.29. The fraction of sp³-hybridized carbons (Fsp3) is 0.158. The zero-order chi connectivity index (χ0) is 20.1. The summed E-state index contributed by atoms with van der Waals surface area (Å²) >= 11 is 7.40. The maximum absolute atomic E-state index is 12.9. The highest BCUT2D eigenvalue weighted by molar-refractivity contribution is 7.09. The average molecular weight is 423 g/mol. The number of ether oxygens (including phenoxy) is 3. The Morgan fingerprint density at radius 2 is 1.89 bits per heavy atom. The number of anilines is 1. The molecule has 0 saturated carbocycles. The van der Waals surface area contributed by atoms with Gasteiger partial charge in [0.15, 0.2) is 0 Å². The second kappa shape index (κ2) is 8.90. The van der Waals surface area contributed by atoms with Gasteiger partial charge in [0.2, 0.25) is 0 Å². The topological polar surface area (TPSA) is 69.7 Å². The Bertz CT molecular complexity index is 979. The quantitative estimate of drug-likeness (QED) is 0.593. The minimum Gasteiger partial charge on any atom is -0.495 e. The van der Waals surface area contributed by atoms with E-state index in [9.17, 15) is 9.18 Å². The summed E-state index contributed by atoms with van der Waals surface area (Å²) in [7, 11) is 2.97. The second-order valence-corrected chi connectivity index (χ2v) is 6.86. The minimum absolute atomic E-state index is 0.168. The van der Waals surface area contributed by atoms with E-state index >= 15 is 0 Å². The number of nitrogens with one attached hydrogen (secondary N) is 1. The SMILES string of the molecule is COc1cc(OC)c(NC(=O)c2csc(COc3ccc(F)cc3)n2)cc1Cl. The van der Waals surface area contributed by atoms with E-state index in [1.165, 1.54) is 49.8 Å². The number of amides is 1. The Labute approximate surface area is 169 Å². The summed E-state index contributed by atoms with van der Waals surface area (Å²) < 4.78 is 28.8. The Hall–Kier alpha value is -2.84. The first kappa shape index (κ1) is 19.9. The molecule has 1 aromatic heterocycles. The molecule has 0 spiro atoms. The molecule has 0 unspecified atom stereocenters. The van der Waals surface area contributed by atoms with Crippen LogP contribution in [-0.4, -0.2) is 25.1 Å². The molecule has 0 atom stereocenters. The summed E-state index contributed by atoms with van der Waals surface area (Å²) in [5.41, 5.74) is 0.632. The number of hydrogen-bond donors (Lipinski definition) is 1. The number of rotatable bonds is 7. The number of carbonyl (C=O) groups excluding carboxylic acids is 1. The first-order valence-electron chi connectivity index (χ1n) is 8.05. The number of thiazole rings is 1. The monoisotopic (exact) mass is 422 g/mol. The summed E-state index contributed by atoms with van der Waals surface area (Å²) in [6.07, 6.45) is 0.